The molecule has 2 aliphatic rings. The number of carbonyl (C=O) groups is 2. The Labute approximate surface area is 140 Å². The van der Waals surface area contributed by atoms with E-state index in [9.17, 15) is 9.59 Å². The molecule has 1 aliphatic carbocycles. The largest absolute Gasteiger partial charge is 0.481 e. The minimum atomic E-state index is -0.688. The van der Waals surface area contributed by atoms with Crippen molar-refractivity contribution in [3.63, 3.8) is 0 Å². The molecule has 0 spiro atoms. The first-order valence-corrected chi connectivity index (χ1v) is 7.76. The van der Waals surface area contributed by atoms with Crippen LogP contribution in [-0.2, 0) is 9.59 Å². The van der Waals surface area contributed by atoms with Crippen LogP contribution in [0.5, 0.6) is 5.75 Å². The Hall–Kier alpha value is -2.95. The molecule has 0 saturated heterocycles. The first-order valence-electron chi connectivity index (χ1n) is 7.76. The maximum Gasteiger partial charge on any atom is 0.286 e. The standard InChI is InChI=1S/C19H18N2O3/c1-12-10-18(22)21-17-11-14(8-9-16(12)17)20-19(23)13(2)24-15-6-4-3-5-7-15/h3-11,13,16H,1-2H3,(H,21,22). The van der Waals surface area contributed by atoms with Crippen molar-refractivity contribution >= 4 is 17.5 Å². The molecule has 0 fully saturated rings. The highest BCUT2D eigenvalue weighted by atomic mass is 16.5. The Morgan fingerprint density at radius 3 is 2.75 bits per heavy atom. The highest BCUT2D eigenvalue weighted by Crippen LogP contribution is 2.26. The van der Waals surface area contributed by atoms with Gasteiger partial charge in [-0.1, -0.05) is 29.8 Å². The van der Waals surface area contributed by atoms with E-state index >= 15 is 0 Å². The molecule has 0 saturated carbocycles. The summed E-state index contributed by atoms with van der Waals surface area (Å²) in [6.07, 6.45) is 6.33. The molecule has 2 unspecified atom stereocenters. The molecule has 2 atom stereocenters. The topological polar surface area (TPSA) is 67.8 Å². The van der Waals surface area contributed by atoms with E-state index < -0.39 is 6.10 Å². The number of para-hydroxylation sites is 1. The molecule has 3 rings (SSSR count). The summed E-state index contributed by atoms with van der Waals surface area (Å²) < 4.78 is 5.58. The molecule has 1 aromatic carbocycles. The second-order valence-electron chi connectivity index (χ2n) is 5.76. The SMILES string of the molecule is CC1=CC(=O)NC2=CC(=NC(=O)C(C)Oc3ccccc3)C=CC12. The van der Waals surface area contributed by atoms with Crippen molar-refractivity contribution in [1.29, 1.82) is 0 Å². The van der Waals surface area contributed by atoms with Gasteiger partial charge in [-0.2, -0.15) is 0 Å². The number of aliphatic imine (C=N–C) groups is 1. The van der Waals surface area contributed by atoms with Crippen molar-refractivity contribution in [3.05, 3.63) is 65.9 Å². The fraction of sp³-hybridized carbons (Fsp3) is 0.211. The molecule has 1 heterocycles. The zero-order valence-corrected chi connectivity index (χ0v) is 13.5. The van der Waals surface area contributed by atoms with Gasteiger partial charge in [0, 0.05) is 17.7 Å². The number of rotatable bonds is 3. The Kier molecular flexibility index (Phi) is 4.42. The quantitative estimate of drug-likeness (QED) is 0.930. The fourth-order valence-corrected chi connectivity index (χ4v) is 2.62. The maximum atomic E-state index is 12.2. The average Bonchev–Trinajstić information content (AvgIpc) is 2.55. The van der Waals surface area contributed by atoms with E-state index in [0.29, 0.717) is 11.5 Å². The lowest BCUT2D eigenvalue weighted by atomic mass is 9.89. The predicted molar refractivity (Wildman–Crippen MR) is 91.6 cm³/mol. The summed E-state index contributed by atoms with van der Waals surface area (Å²) >= 11 is 0. The van der Waals surface area contributed by atoms with Crippen molar-refractivity contribution < 1.29 is 14.3 Å². The molecule has 24 heavy (non-hydrogen) atoms. The first-order chi connectivity index (χ1) is 11.5. The first kappa shape index (κ1) is 15.9. The lowest BCUT2D eigenvalue weighted by molar-refractivity contribution is -0.123. The van der Waals surface area contributed by atoms with Crippen LogP contribution in [0.25, 0.3) is 0 Å². The van der Waals surface area contributed by atoms with Crippen LogP contribution >= 0.6 is 0 Å². The Morgan fingerprint density at radius 1 is 1.25 bits per heavy atom. The average molecular weight is 322 g/mol. The van der Waals surface area contributed by atoms with Gasteiger partial charge in [0.2, 0.25) is 5.91 Å². The van der Waals surface area contributed by atoms with E-state index in [1.54, 1.807) is 37.3 Å². The van der Waals surface area contributed by atoms with E-state index in [2.05, 4.69) is 10.3 Å². The fourth-order valence-electron chi connectivity index (χ4n) is 2.62. The van der Waals surface area contributed by atoms with Crippen LogP contribution in [0, 0.1) is 5.92 Å². The van der Waals surface area contributed by atoms with Crippen LogP contribution in [-0.4, -0.2) is 23.6 Å². The number of nitrogens with zero attached hydrogens (tertiary/aromatic N) is 1. The second-order valence-corrected chi connectivity index (χ2v) is 5.76. The van der Waals surface area contributed by atoms with Crippen LogP contribution in [0.15, 0.2) is 70.9 Å². The molecule has 5 heteroatoms. The zero-order chi connectivity index (χ0) is 17.1. The molecule has 0 bridgehead atoms. The Bertz CT molecular complexity index is 788. The lowest BCUT2D eigenvalue weighted by Crippen LogP contribution is -2.32. The van der Waals surface area contributed by atoms with Crippen molar-refractivity contribution in [2.45, 2.75) is 20.0 Å². The summed E-state index contributed by atoms with van der Waals surface area (Å²) in [6, 6.07) is 9.14. The van der Waals surface area contributed by atoms with Gasteiger partial charge in [0.1, 0.15) is 5.75 Å². The number of benzene rings is 1. The summed E-state index contributed by atoms with van der Waals surface area (Å²) in [5.74, 6) is 0.131. The number of carbonyl (C=O) groups excluding carboxylic acids is 2. The third-order valence-electron chi connectivity index (χ3n) is 3.86. The summed E-state index contributed by atoms with van der Waals surface area (Å²) in [5, 5.41) is 2.79. The third-order valence-corrected chi connectivity index (χ3v) is 3.86. The number of hydrogen-bond donors (Lipinski definition) is 1. The smallest absolute Gasteiger partial charge is 0.286 e. The highest BCUT2D eigenvalue weighted by molar-refractivity contribution is 6.11. The molecule has 1 aliphatic heterocycles. The molecule has 2 amide bonds. The predicted octanol–water partition coefficient (Wildman–Crippen LogP) is 2.57. The van der Waals surface area contributed by atoms with Crippen LogP contribution in [0.1, 0.15) is 13.8 Å². The monoisotopic (exact) mass is 322 g/mol. The lowest BCUT2D eigenvalue weighted by Gasteiger charge is -2.25. The number of ether oxygens (including phenoxy) is 1. The minimum absolute atomic E-state index is 0.0368. The van der Waals surface area contributed by atoms with Crippen molar-refractivity contribution in [2.75, 3.05) is 0 Å². The normalized spacial score (nSPS) is 22.2. The highest BCUT2D eigenvalue weighted by Gasteiger charge is 2.24. The number of nitrogens with one attached hydrogen (secondary N) is 1. The summed E-state index contributed by atoms with van der Waals surface area (Å²) in [6.45, 7) is 3.57. The molecular weight excluding hydrogens is 304 g/mol. The summed E-state index contributed by atoms with van der Waals surface area (Å²) in [7, 11) is 0. The van der Waals surface area contributed by atoms with Gasteiger partial charge in [-0.05, 0) is 38.1 Å². The number of hydrogen-bond acceptors (Lipinski definition) is 3. The minimum Gasteiger partial charge on any atom is -0.481 e. The van der Waals surface area contributed by atoms with Crippen LogP contribution in [0.3, 0.4) is 0 Å². The number of allylic oxidation sites excluding steroid dienone is 3. The zero-order valence-electron chi connectivity index (χ0n) is 13.5. The van der Waals surface area contributed by atoms with E-state index in [4.69, 9.17) is 4.74 Å². The molecule has 0 radical (unpaired) electrons. The van der Waals surface area contributed by atoms with Crippen LogP contribution in [0.4, 0.5) is 0 Å². The molecular formula is C19H18N2O3. The molecule has 5 nitrogen and oxygen atoms in total. The summed E-state index contributed by atoms with van der Waals surface area (Å²) in [4.78, 5) is 27.9. The third kappa shape index (κ3) is 3.51. The van der Waals surface area contributed by atoms with Crippen LogP contribution in [0.2, 0.25) is 0 Å². The Balaban J connectivity index is 1.73. The van der Waals surface area contributed by atoms with E-state index in [0.717, 1.165) is 11.3 Å². The Morgan fingerprint density at radius 2 is 2.00 bits per heavy atom. The van der Waals surface area contributed by atoms with Gasteiger partial charge in [-0.3, -0.25) is 9.59 Å². The second kappa shape index (κ2) is 6.66. The molecule has 1 aromatic rings. The van der Waals surface area contributed by atoms with Crippen molar-refractivity contribution in [1.82, 2.24) is 5.32 Å². The molecule has 1 N–H and O–H groups in total. The van der Waals surface area contributed by atoms with Gasteiger partial charge >= 0.3 is 0 Å². The van der Waals surface area contributed by atoms with Crippen molar-refractivity contribution in [3.8, 4) is 5.75 Å². The maximum absolute atomic E-state index is 12.2. The van der Waals surface area contributed by atoms with Gasteiger partial charge in [-0.25, -0.2) is 4.99 Å². The molecule has 0 aromatic heterocycles. The van der Waals surface area contributed by atoms with E-state index in [-0.39, 0.29) is 17.7 Å². The van der Waals surface area contributed by atoms with Crippen LogP contribution < -0.4 is 10.1 Å². The van der Waals surface area contributed by atoms with Crippen molar-refractivity contribution in [2.24, 2.45) is 10.9 Å². The van der Waals surface area contributed by atoms with E-state index in [1.807, 2.05) is 31.2 Å². The van der Waals surface area contributed by atoms with E-state index in [1.165, 1.54) is 0 Å². The van der Waals surface area contributed by atoms with Gasteiger partial charge < -0.3 is 10.1 Å². The number of amides is 2. The molecule has 122 valence electrons. The van der Waals surface area contributed by atoms with Gasteiger partial charge in [0.15, 0.2) is 6.10 Å². The number of fused-ring (bicyclic) bond motifs is 1. The van der Waals surface area contributed by atoms with Gasteiger partial charge in [0.05, 0.1) is 5.71 Å². The van der Waals surface area contributed by atoms with Gasteiger partial charge in [-0.15, -0.1) is 0 Å². The summed E-state index contributed by atoms with van der Waals surface area (Å²) in [5.41, 5.74) is 2.21. The van der Waals surface area contributed by atoms with Gasteiger partial charge in [0.25, 0.3) is 5.91 Å².